The Morgan fingerprint density at radius 1 is 1.33 bits per heavy atom. The zero-order chi connectivity index (χ0) is 13.0. The minimum Gasteiger partial charge on any atom is -0.322 e. The van der Waals surface area contributed by atoms with E-state index in [-0.39, 0.29) is 5.91 Å². The molecule has 1 aromatic carbocycles. The number of nitrogens with zero attached hydrogens (tertiary/aromatic N) is 3. The number of aryl methyl sites for hydroxylation is 1. The van der Waals surface area contributed by atoms with Crippen molar-refractivity contribution in [2.24, 2.45) is 0 Å². The molecule has 88 valence electrons. The predicted octanol–water partition coefficient (Wildman–Crippen LogP) is 1.91. The summed E-state index contributed by atoms with van der Waals surface area (Å²) in [6, 6.07) is 7.16. The Morgan fingerprint density at radius 2 is 2.06 bits per heavy atom. The number of aromatic nitrogens is 2. The number of nitrogens with one attached hydrogen (secondary N) is 1. The summed E-state index contributed by atoms with van der Waals surface area (Å²) in [5.41, 5.74) is 2.38. The van der Waals surface area contributed by atoms with E-state index in [2.05, 4.69) is 15.3 Å². The Labute approximate surface area is 104 Å². The van der Waals surface area contributed by atoms with Crippen LogP contribution in [0.2, 0.25) is 0 Å². The highest BCUT2D eigenvalue weighted by Gasteiger charge is 2.08. The van der Waals surface area contributed by atoms with Crippen LogP contribution in [-0.4, -0.2) is 15.9 Å². The van der Waals surface area contributed by atoms with Gasteiger partial charge in [0.15, 0.2) is 0 Å². The van der Waals surface area contributed by atoms with Gasteiger partial charge in [0.1, 0.15) is 6.33 Å². The largest absolute Gasteiger partial charge is 0.322 e. The van der Waals surface area contributed by atoms with E-state index in [4.69, 9.17) is 5.26 Å². The van der Waals surface area contributed by atoms with Gasteiger partial charge in [0.05, 0.1) is 17.2 Å². The van der Waals surface area contributed by atoms with E-state index in [9.17, 15) is 4.79 Å². The second-order valence-corrected chi connectivity index (χ2v) is 3.72. The first-order chi connectivity index (χ1) is 8.70. The van der Waals surface area contributed by atoms with E-state index in [0.717, 1.165) is 5.56 Å². The van der Waals surface area contributed by atoms with Gasteiger partial charge in [0.2, 0.25) is 0 Å². The summed E-state index contributed by atoms with van der Waals surface area (Å²) in [5.74, 6) is -0.297. The molecule has 1 N–H and O–H groups in total. The summed E-state index contributed by atoms with van der Waals surface area (Å²) in [6.45, 7) is 1.86. The molecule has 5 heteroatoms. The van der Waals surface area contributed by atoms with E-state index in [1.165, 1.54) is 18.7 Å². The molecule has 1 aromatic heterocycles. The number of nitriles is 1. The fourth-order valence-electron chi connectivity index (χ4n) is 1.44. The monoisotopic (exact) mass is 238 g/mol. The molecule has 0 radical (unpaired) electrons. The maximum absolute atomic E-state index is 11.9. The summed E-state index contributed by atoms with van der Waals surface area (Å²) in [6.07, 6.45) is 4.23. The van der Waals surface area contributed by atoms with Crippen LogP contribution in [0, 0.1) is 18.3 Å². The van der Waals surface area contributed by atoms with Crippen molar-refractivity contribution in [3.8, 4) is 6.07 Å². The molecule has 0 spiro atoms. The highest BCUT2D eigenvalue weighted by Crippen LogP contribution is 2.17. The van der Waals surface area contributed by atoms with Crippen LogP contribution in [-0.2, 0) is 0 Å². The minimum atomic E-state index is -0.297. The number of amides is 1. The van der Waals surface area contributed by atoms with Crippen LogP contribution in [0.25, 0.3) is 0 Å². The summed E-state index contributed by atoms with van der Waals surface area (Å²) in [7, 11) is 0. The molecular weight excluding hydrogens is 228 g/mol. The first kappa shape index (κ1) is 11.7. The molecular formula is C13H10N4O. The first-order valence-corrected chi connectivity index (χ1v) is 5.28. The molecule has 0 aliphatic carbocycles. The lowest BCUT2D eigenvalue weighted by Gasteiger charge is -2.08. The van der Waals surface area contributed by atoms with Crippen molar-refractivity contribution >= 4 is 11.6 Å². The average Bonchev–Trinajstić information content (AvgIpc) is 2.42. The average molecular weight is 238 g/mol. The number of carbonyl (C=O) groups is 1. The highest BCUT2D eigenvalue weighted by atomic mass is 16.1. The third-order valence-electron chi connectivity index (χ3n) is 2.44. The maximum atomic E-state index is 11.9. The van der Waals surface area contributed by atoms with Crippen LogP contribution in [0.15, 0.2) is 36.9 Å². The van der Waals surface area contributed by atoms with Gasteiger partial charge in [0.25, 0.3) is 5.91 Å². The number of rotatable bonds is 2. The van der Waals surface area contributed by atoms with Gasteiger partial charge < -0.3 is 5.32 Å². The van der Waals surface area contributed by atoms with Crippen molar-refractivity contribution < 1.29 is 4.79 Å². The summed E-state index contributed by atoms with van der Waals surface area (Å²) < 4.78 is 0. The number of hydrogen-bond acceptors (Lipinski definition) is 4. The van der Waals surface area contributed by atoms with Crippen molar-refractivity contribution in [1.29, 1.82) is 5.26 Å². The van der Waals surface area contributed by atoms with Gasteiger partial charge in [-0.3, -0.25) is 4.79 Å². The molecule has 0 aliphatic rings. The van der Waals surface area contributed by atoms with Crippen molar-refractivity contribution in [1.82, 2.24) is 9.97 Å². The Balaban J connectivity index is 2.25. The quantitative estimate of drug-likeness (QED) is 0.866. The van der Waals surface area contributed by atoms with Gasteiger partial charge in [-0.25, -0.2) is 9.97 Å². The smallest absolute Gasteiger partial charge is 0.258 e. The third-order valence-corrected chi connectivity index (χ3v) is 2.44. The molecule has 18 heavy (non-hydrogen) atoms. The summed E-state index contributed by atoms with van der Waals surface area (Å²) in [4.78, 5) is 19.5. The second-order valence-electron chi connectivity index (χ2n) is 3.72. The molecule has 0 saturated heterocycles. The normalized spacial score (nSPS) is 9.56. The Hall–Kier alpha value is -2.74. The van der Waals surface area contributed by atoms with Gasteiger partial charge in [-0.2, -0.15) is 5.26 Å². The molecule has 0 saturated carbocycles. The van der Waals surface area contributed by atoms with Crippen LogP contribution in [0.4, 0.5) is 5.69 Å². The van der Waals surface area contributed by atoms with E-state index in [1.54, 1.807) is 18.2 Å². The highest BCUT2D eigenvalue weighted by molar-refractivity contribution is 6.04. The zero-order valence-electron chi connectivity index (χ0n) is 9.71. The van der Waals surface area contributed by atoms with Gasteiger partial charge >= 0.3 is 0 Å². The van der Waals surface area contributed by atoms with Crippen LogP contribution < -0.4 is 5.32 Å². The van der Waals surface area contributed by atoms with E-state index < -0.39 is 0 Å². The molecule has 2 rings (SSSR count). The number of hydrogen-bond donors (Lipinski definition) is 1. The number of carbonyl (C=O) groups excluding carboxylic acids is 1. The van der Waals surface area contributed by atoms with Gasteiger partial charge in [-0.15, -0.1) is 0 Å². The fourth-order valence-corrected chi connectivity index (χ4v) is 1.44. The minimum absolute atomic E-state index is 0.297. The van der Waals surface area contributed by atoms with Crippen molar-refractivity contribution in [2.75, 3.05) is 5.32 Å². The van der Waals surface area contributed by atoms with Crippen LogP contribution in [0.5, 0.6) is 0 Å². The lowest BCUT2D eigenvalue weighted by Crippen LogP contribution is -2.13. The van der Waals surface area contributed by atoms with Crippen LogP contribution in [0.3, 0.4) is 0 Å². The zero-order valence-corrected chi connectivity index (χ0v) is 9.71. The molecule has 1 amide bonds. The standard InChI is InChI=1S/C13H10N4O/c1-9-2-3-10(5-14)4-12(9)17-13(18)11-6-15-8-16-7-11/h2-4,6-8H,1H3,(H,17,18). The molecule has 2 aromatic rings. The molecule has 0 bridgehead atoms. The molecule has 0 fully saturated rings. The van der Waals surface area contributed by atoms with E-state index >= 15 is 0 Å². The molecule has 0 atom stereocenters. The van der Waals surface area contributed by atoms with E-state index in [1.807, 2.05) is 13.0 Å². The summed E-state index contributed by atoms with van der Waals surface area (Å²) >= 11 is 0. The van der Waals surface area contributed by atoms with E-state index in [0.29, 0.717) is 16.8 Å². The lowest BCUT2D eigenvalue weighted by atomic mass is 10.1. The van der Waals surface area contributed by atoms with Crippen molar-refractivity contribution in [2.45, 2.75) is 6.92 Å². The van der Waals surface area contributed by atoms with Gasteiger partial charge in [-0.1, -0.05) is 6.07 Å². The number of anilines is 1. The number of benzene rings is 1. The van der Waals surface area contributed by atoms with Crippen molar-refractivity contribution in [3.63, 3.8) is 0 Å². The molecule has 0 aliphatic heterocycles. The van der Waals surface area contributed by atoms with Gasteiger partial charge in [0, 0.05) is 18.1 Å². The second kappa shape index (κ2) is 5.06. The Kier molecular flexibility index (Phi) is 3.30. The Morgan fingerprint density at radius 3 is 2.72 bits per heavy atom. The van der Waals surface area contributed by atoms with Crippen LogP contribution >= 0.6 is 0 Å². The third kappa shape index (κ3) is 2.50. The van der Waals surface area contributed by atoms with Crippen LogP contribution in [0.1, 0.15) is 21.5 Å². The lowest BCUT2D eigenvalue weighted by molar-refractivity contribution is 0.102. The predicted molar refractivity (Wildman–Crippen MR) is 65.9 cm³/mol. The Bertz CT molecular complexity index is 617. The SMILES string of the molecule is Cc1ccc(C#N)cc1NC(=O)c1cncnc1. The van der Waals surface area contributed by atoms with Crippen molar-refractivity contribution in [3.05, 3.63) is 53.6 Å². The molecule has 5 nitrogen and oxygen atoms in total. The van der Waals surface area contributed by atoms with Gasteiger partial charge in [-0.05, 0) is 24.6 Å². The molecule has 0 unspecified atom stereocenters. The maximum Gasteiger partial charge on any atom is 0.258 e. The topological polar surface area (TPSA) is 78.7 Å². The molecule has 1 heterocycles. The first-order valence-electron chi connectivity index (χ1n) is 5.28. The summed E-state index contributed by atoms with van der Waals surface area (Å²) in [5, 5.41) is 11.6. The fraction of sp³-hybridized carbons (Fsp3) is 0.0769.